The van der Waals surface area contributed by atoms with Gasteiger partial charge in [-0.15, -0.1) is 12.4 Å². The third kappa shape index (κ3) is 5.68. The second-order valence-electron chi connectivity index (χ2n) is 6.80. The molecule has 4 nitrogen and oxygen atoms in total. The van der Waals surface area contributed by atoms with E-state index < -0.39 is 12.0 Å². The number of rotatable bonds is 7. The van der Waals surface area contributed by atoms with Gasteiger partial charge < -0.3 is 15.6 Å². The maximum Gasteiger partial charge on any atom is 0.304 e. The van der Waals surface area contributed by atoms with Gasteiger partial charge in [-0.1, -0.05) is 0 Å². The molecule has 0 heterocycles. The van der Waals surface area contributed by atoms with Crippen LogP contribution in [-0.4, -0.2) is 24.2 Å². The molecule has 0 spiro atoms. The summed E-state index contributed by atoms with van der Waals surface area (Å²) in [4.78, 5) is 10.7. The number of methoxy groups -OCH3 is 1. The van der Waals surface area contributed by atoms with Crippen LogP contribution in [0.25, 0.3) is 11.1 Å². The summed E-state index contributed by atoms with van der Waals surface area (Å²) in [5, 5.41) is 8.81. The highest BCUT2D eigenvalue weighted by Gasteiger charge is 2.15. The molecule has 0 amide bonds. The highest BCUT2D eigenvalue weighted by molar-refractivity contribution is 5.85. The van der Waals surface area contributed by atoms with Gasteiger partial charge in [0, 0.05) is 6.04 Å². The topological polar surface area (TPSA) is 72.5 Å². The number of aryl methyl sites for hydroxylation is 4. The Labute approximate surface area is 166 Å². The van der Waals surface area contributed by atoms with Crippen LogP contribution in [0.4, 0.5) is 4.39 Å². The van der Waals surface area contributed by atoms with Crippen molar-refractivity contribution in [1.82, 2.24) is 0 Å². The Morgan fingerprint density at radius 2 is 1.74 bits per heavy atom. The van der Waals surface area contributed by atoms with E-state index in [1.165, 1.54) is 0 Å². The minimum absolute atomic E-state index is 0. The number of benzene rings is 2. The molecule has 27 heavy (non-hydrogen) atoms. The van der Waals surface area contributed by atoms with Gasteiger partial charge in [-0.2, -0.15) is 0 Å². The third-order valence-corrected chi connectivity index (χ3v) is 4.58. The van der Waals surface area contributed by atoms with Gasteiger partial charge in [-0.25, -0.2) is 4.39 Å². The first-order chi connectivity index (χ1) is 12.2. The van der Waals surface area contributed by atoms with E-state index in [2.05, 4.69) is 0 Å². The van der Waals surface area contributed by atoms with Crippen LogP contribution >= 0.6 is 12.4 Å². The van der Waals surface area contributed by atoms with Gasteiger partial charge >= 0.3 is 5.97 Å². The van der Waals surface area contributed by atoms with Crippen LogP contribution in [0.3, 0.4) is 0 Å². The Kier molecular flexibility index (Phi) is 8.25. The third-order valence-electron chi connectivity index (χ3n) is 4.58. The molecular weight excluding hydrogens is 369 g/mol. The molecule has 0 aliphatic rings. The van der Waals surface area contributed by atoms with Crippen molar-refractivity contribution in [3.05, 3.63) is 52.3 Å². The van der Waals surface area contributed by atoms with Crippen molar-refractivity contribution in [1.29, 1.82) is 0 Å². The summed E-state index contributed by atoms with van der Waals surface area (Å²) in [6, 6.07) is 7.13. The molecule has 2 rings (SSSR count). The molecular formula is C21H27ClFNO3. The lowest BCUT2D eigenvalue weighted by atomic mass is 9.91. The Morgan fingerprint density at radius 3 is 2.26 bits per heavy atom. The van der Waals surface area contributed by atoms with Gasteiger partial charge in [0.1, 0.15) is 11.6 Å². The second kappa shape index (κ2) is 9.72. The largest absolute Gasteiger partial charge is 0.497 e. The average molecular weight is 396 g/mol. The summed E-state index contributed by atoms with van der Waals surface area (Å²) >= 11 is 0. The predicted molar refractivity (Wildman–Crippen MR) is 108 cm³/mol. The molecule has 6 heteroatoms. The number of carboxylic acid groups (broad SMARTS) is 1. The van der Waals surface area contributed by atoms with E-state index in [0.29, 0.717) is 24.0 Å². The van der Waals surface area contributed by atoms with E-state index in [9.17, 15) is 9.18 Å². The highest BCUT2D eigenvalue weighted by Crippen LogP contribution is 2.33. The SMILES string of the molecule is COc1cc(C)c(-c2cc(C)c(F)c(CC[C@H](N)CC(=O)O)c2)c(C)c1.Cl. The molecule has 0 aliphatic carbocycles. The van der Waals surface area contributed by atoms with Crippen molar-refractivity contribution in [2.45, 2.75) is 46.1 Å². The second-order valence-corrected chi connectivity index (χ2v) is 6.80. The lowest BCUT2D eigenvalue weighted by molar-refractivity contribution is -0.137. The Hall–Kier alpha value is -2.11. The maximum absolute atomic E-state index is 14.6. The van der Waals surface area contributed by atoms with E-state index in [-0.39, 0.29) is 24.6 Å². The molecule has 0 bridgehead atoms. The van der Waals surface area contributed by atoms with Crippen molar-refractivity contribution >= 4 is 18.4 Å². The van der Waals surface area contributed by atoms with Crippen molar-refractivity contribution < 1.29 is 19.0 Å². The van der Waals surface area contributed by atoms with E-state index in [4.69, 9.17) is 15.6 Å². The molecule has 2 aromatic carbocycles. The molecule has 2 aromatic rings. The number of aliphatic carboxylic acids is 1. The Bertz CT molecular complexity index is 800. The average Bonchev–Trinajstić information content (AvgIpc) is 2.55. The smallest absolute Gasteiger partial charge is 0.304 e. The fourth-order valence-corrected chi connectivity index (χ4v) is 3.33. The summed E-state index contributed by atoms with van der Waals surface area (Å²) in [7, 11) is 1.63. The van der Waals surface area contributed by atoms with Crippen molar-refractivity contribution in [2.24, 2.45) is 5.73 Å². The van der Waals surface area contributed by atoms with Gasteiger partial charge in [0.25, 0.3) is 0 Å². The first-order valence-electron chi connectivity index (χ1n) is 8.65. The van der Waals surface area contributed by atoms with E-state index in [0.717, 1.165) is 28.0 Å². The molecule has 148 valence electrons. The van der Waals surface area contributed by atoms with Crippen molar-refractivity contribution in [3.63, 3.8) is 0 Å². The standard InChI is InChI=1S/C21H26FNO3.ClH/c1-12-8-18(26-4)9-13(2)20(12)16-7-14(3)21(22)15(10-16)5-6-17(23)11-19(24)25;/h7-10,17H,5-6,11,23H2,1-4H3,(H,24,25);1H/t17-;/m0./s1. The minimum atomic E-state index is -0.938. The summed E-state index contributed by atoms with van der Waals surface area (Å²) in [5.41, 5.74) is 11.1. The zero-order chi connectivity index (χ0) is 19.4. The molecule has 3 N–H and O–H groups in total. The number of carbonyl (C=O) groups is 1. The number of nitrogens with two attached hydrogens (primary N) is 1. The van der Waals surface area contributed by atoms with Crippen LogP contribution in [0, 0.1) is 26.6 Å². The zero-order valence-electron chi connectivity index (χ0n) is 16.1. The summed E-state index contributed by atoms with van der Waals surface area (Å²) < 4.78 is 19.9. The van der Waals surface area contributed by atoms with E-state index in [1.54, 1.807) is 14.0 Å². The molecule has 1 atom stereocenters. The van der Waals surface area contributed by atoms with Crippen LogP contribution in [-0.2, 0) is 11.2 Å². The zero-order valence-corrected chi connectivity index (χ0v) is 17.0. The van der Waals surface area contributed by atoms with Crippen LogP contribution < -0.4 is 10.5 Å². The number of halogens is 2. The highest BCUT2D eigenvalue weighted by atomic mass is 35.5. The van der Waals surface area contributed by atoms with Gasteiger partial charge in [0.15, 0.2) is 0 Å². The molecule has 0 fully saturated rings. The number of hydrogen-bond acceptors (Lipinski definition) is 3. The van der Waals surface area contributed by atoms with Crippen molar-refractivity contribution in [2.75, 3.05) is 7.11 Å². The summed E-state index contributed by atoms with van der Waals surface area (Å²) in [5.74, 6) is -0.394. The molecule has 0 unspecified atom stereocenters. The van der Waals surface area contributed by atoms with Gasteiger partial charge in [0.2, 0.25) is 0 Å². The monoisotopic (exact) mass is 395 g/mol. The summed E-state index contributed by atoms with van der Waals surface area (Å²) in [6.07, 6.45) is 0.715. The fraction of sp³-hybridized carbons (Fsp3) is 0.381. The molecule has 0 saturated heterocycles. The quantitative estimate of drug-likeness (QED) is 0.719. The Morgan fingerprint density at radius 1 is 1.15 bits per heavy atom. The molecule has 0 aromatic heterocycles. The van der Waals surface area contributed by atoms with Gasteiger partial charge in [0.05, 0.1) is 13.5 Å². The fourth-order valence-electron chi connectivity index (χ4n) is 3.33. The lowest BCUT2D eigenvalue weighted by Crippen LogP contribution is -2.24. The van der Waals surface area contributed by atoms with Gasteiger partial charge in [-0.05, 0) is 91.3 Å². The Balaban J connectivity index is 0.00000364. The van der Waals surface area contributed by atoms with Crippen LogP contribution in [0.2, 0.25) is 0 Å². The molecule has 0 saturated carbocycles. The predicted octanol–water partition coefficient (Wildman–Crippen LogP) is 4.58. The number of carboxylic acids is 1. The minimum Gasteiger partial charge on any atom is -0.497 e. The first-order valence-corrected chi connectivity index (χ1v) is 8.65. The van der Waals surface area contributed by atoms with Crippen LogP contribution in [0.5, 0.6) is 5.75 Å². The number of ether oxygens (including phenoxy) is 1. The van der Waals surface area contributed by atoms with E-state index in [1.807, 2.05) is 38.1 Å². The van der Waals surface area contributed by atoms with E-state index >= 15 is 0 Å². The van der Waals surface area contributed by atoms with Gasteiger partial charge in [-0.3, -0.25) is 4.79 Å². The van der Waals surface area contributed by atoms with Crippen LogP contribution in [0.1, 0.15) is 35.1 Å². The van der Waals surface area contributed by atoms with Crippen LogP contribution in [0.15, 0.2) is 24.3 Å². The maximum atomic E-state index is 14.6. The molecule has 0 aliphatic heterocycles. The van der Waals surface area contributed by atoms with Crippen molar-refractivity contribution in [3.8, 4) is 16.9 Å². The molecule has 0 radical (unpaired) electrons. The lowest BCUT2D eigenvalue weighted by Gasteiger charge is -2.16. The first kappa shape index (κ1) is 22.9. The summed E-state index contributed by atoms with van der Waals surface area (Å²) in [6.45, 7) is 5.76. The normalized spacial score (nSPS) is 11.6. The number of hydrogen-bond donors (Lipinski definition) is 2.